The normalized spacial score (nSPS) is 13.0. The number of aromatic nitrogens is 5. The maximum Gasteiger partial charge on any atom is 0.435 e. The van der Waals surface area contributed by atoms with Crippen LogP contribution in [0.5, 0.6) is 0 Å². The zero-order valence-electron chi connectivity index (χ0n) is 16.9. The fraction of sp³-hybridized carbons (Fsp3) is 0.300. The van der Waals surface area contributed by atoms with E-state index in [2.05, 4.69) is 20.5 Å². The Labute approximate surface area is 179 Å². The van der Waals surface area contributed by atoms with Gasteiger partial charge in [0.15, 0.2) is 11.3 Å². The number of pyridine rings is 1. The quantitative estimate of drug-likeness (QED) is 0.500. The number of hydrogen-bond acceptors (Lipinski definition) is 5. The van der Waals surface area contributed by atoms with Crippen LogP contribution in [0.2, 0.25) is 0 Å². The van der Waals surface area contributed by atoms with Gasteiger partial charge in [0, 0.05) is 19.3 Å². The molecule has 1 N–H and O–H groups in total. The average molecular weight is 448 g/mol. The molecule has 1 amide bonds. The Kier molecular flexibility index (Phi) is 5.29. The van der Waals surface area contributed by atoms with E-state index in [1.807, 2.05) is 17.5 Å². The predicted octanol–water partition coefficient (Wildman–Crippen LogP) is 4.04. The first kappa shape index (κ1) is 21.0. The lowest BCUT2D eigenvalue weighted by molar-refractivity contribution is -0.141. The summed E-state index contributed by atoms with van der Waals surface area (Å²) >= 11 is 1.51. The molecule has 0 aliphatic carbocycles. The molecular formula is C20H19F3N6OS. The molecule has 4 aromatic rings. The minimum Gasteiger partial charge on any atom is -0.348 e. The molecule has 0 aliphatic rings. The molecule has 0 spiro atoms. The summed E-state index contributed by atoms with van der Waals surface area (Å²) in [4.78, 5) is 18.7. The first-order valence-corrected chi connectivity index (χ1v) is 10.3. The maximum absolute atomic E-state index is 13.1. The molecule has 11 heteroatoms. The summed E-state index contributed by atoms with van der Waals surface area (Å²) in [6, 6.07) is 6.00. The number of fused-ring (bicyclic) bond motifs is 1. The molecule has 31 heavy (non-hydrogen) atoms. The Morgan fingerprint density at radius 1 is 1.29 bits per heavy atom. The van der Waals surface area contributed by atoms with E-state index >= 15 is 0 Å². The second-order valence-electron chi connectivity index (χ2n) is 7.24. The number of halogens is 3. The molecule has 4 heterocycles. The number of amides is 1. The standard InChI is InChI=1S/C20H19F3N6OS/c1-11(10-29-7-6-16(27-29)20(21,22)23)24-19(30)13-9-14(15-5-4-8-31-15)25-18-17(13)12(2)26-28(18)3/h4-9,11H,10H2,1-3H3,(H,24,30). The summed E-state index contributed by atoms with van der Waals surface area (Å²) in [6.07, 6.45) is -3.26. The third-order valence-corrected chi connectivity index (χ3v) is 5.65. The molecule has 0 radical (unpaired) electrons. The highest BCUT2D eigenvalue weighted by Gasteiger charge is 2.33. The van der Waals surface area contributed by atoms with Crippen LogP contribution in [-0.4, -0.2) is 36.5 Å². The number of nitrogens with zero attached hydrogens (tertiary/aromatic N) is 5. The molecular weight excluding hydrogens is 429 g/mol. The number of aryl methyl sites for hydroxylation is 2. The zero-order chi connectivity index (χ0) is 22.3. The van der Waals surface area contributed by atoms with Crippen molar-refractivity contribution in [2.24, 2.45) is 7.05 Å². The van der Waals surface area contributed by atoms with Crippen molar-refractivity contribution in [3.05, 3.63) is 52.8 Å². The number of carbonyl (C=O) groups excluding carboxylic acids is 1. The molecule has 0 bridgehead atoms. The van der Waals surface area contributed by atoms with Crippen molar-refractivity contribution >= 4 is 28.3 Å². The van der Waals surface area contributed by atoms with Gasteiger partial charge in [-0.05, 0) is 37.4 Å². The van der Waals surface area contributed by atoms with Crippen LogP contribution >= 0.6 is 11.3 Å². The van der Waals surface area contributed by atoms with Gasteiger partial charge in [0.1, 0.15) is 0 Å². The molecule has 1 unspecified atom stereocenters. The smallest absolute Gasteiger partial charge is 0.348 e. The van der Waals surface area contributed by atoms with E-state index in [0.717, 1.165) is 10.9 Å². The average Bonchev–Trinajstić information content (AvgIpc) is 3.42. The van der Waals surface area contributed by atoms with Crippen LogP contribution in [0, 0.1) is 6.92 Å². The van der Waals surface area contributed by atoms with E-state index in [0.29, 0.717) is 28.0 Å². The number of rotatable bonds is 5. The number of hydrogen-bond donors (Lipinski definition) is 1. The Morgan fingerprint density at radius 2 is 2.06 bits per heavy atom. The van der Waals surface area contributed by atoms with Crippen molar-refractivity contribution in [1.29, 1.82) is 0 Å². The Morgan fingerprint density at radius 3 is 2.71 bits per heavy atom. The summed E-state index contributed by atoms with van der Waals surface area (Å²) in [6.45, 7) is 3.61. The largest absolute Gasteiger partial charge is 0.435 e. The molecule has 0 saturated carbocycles. The summed E-state index contributed by atoms with van der Waals surface area (Å²) in [5, 5.41) is 13.3. The summed E-state index contributed by atoms with van der Waals surface area (Å²) in [7, 11) is 1.76. The third-order valence-electron chi connectivity index (χ3n) is 4.76. The topological polar surface area (TPSA) is 77.6 Å². The van der Waals surface area contributed by atoms with E-state index in [1.54, 1.807) is 31.6 Å². The molecule has 0 aliphatic heterocycles. The minimum atomic E-state index is -4.50. The van der Waals surface area contributed by atoms with Gasteiger partial charge in [-0.25, -0.2) is 4.98 Å². The van der Waals surface area contributed by atoms with Crippen molar-refractivity contribution in [2.75, 3.05) is 0 Å². The van der Waals surface area contributed by atoms with Crippen LogP contribution < -0.4 is 5.32 Å². The van der Waals surface area contributed by atoms with E-state index in [-0.39, 0.29) is 12.5 Å². The maximum atomic E-state index is 13.1. The first-order chi connectivity index (χ1) is 14.6. The number of carbonyl (C=O) groups is 1. The van der Waals surface area contributed by atoms with Gasteiger partial charge < -0.3 is 5.32 Å². The highest BCUT2D eigenvalue weighted by molar-refractivity contribution is 7.13. The van der Waals surface area contributed by atoms with Crippen LogP contribution in [-0.2, 0) is 19.8 Å². The van der Waals surface area contributed by atoms with Gasteiger partial charge in [0.05, 0.1) is 33.8 Å². The van der Waals surface area contributed by atoms with Gasteiger partial charge in [-0.1, -0.05) is 6.07 Å². The highest BCUT2D eigenvalue weighted by Crippen LogP contribution is 2.29. The van der Waals surface area contributed by atoms with Crippen LogP contribution in [0.1, 0.15) is 28.7 Å². The SMILES string of the molecule is Cc1nn(C)c2nc(-c3cccs3)cc(C(=O)NC(C)Cn3ccc(C(F)(F)F)n3)c12. The van der Waals surface area contributed by atoms with Crippen LogP contribution in [0.4, 0.5) is 13.2 Å². The third kappa shape index (κ3) is 4.18. The fourth-order valence-electron chi connectivity index (χ4n) is 3.42. The van der Waals surface area contributed by atoms with Crippen molar-refractivity contribution in [3.8, 4) is 10.6 Å². The lowest BCUT2D eigenvalue weighted by atomic mass is 10.1. The highest BCUT2D eigenvalue weighted by atomic mass is 32.1. The lowest BCUT2D eigenvalue weighted by Crippen LogP contribution is -2.36. The minimum absolute atomic E-state index is 0.0971. The van der Waals surface area contributed by atoms with Crippen LogP contribution in [0.25, 0.3) is 21.6 Å². The second kappa shape index (κ2) is 7.80. The Bertz CT molecular complexity index is 1240. The van der Waals surface area contributed by atoms with Crippen molar-refractivity contribution in [1.82, 2.24) is 29.9 Å². The molecule has 4 rings (SSSR count). The Balaban J connectivity index is 1.62. The second-order valence-corrected chi connectivity index (χ2v) is 8.18. The van der Waals surface area contributed by atoms with Gasteiger partial charge >= 0.3 is 6.18 Å². The number of alkyl halides is 3. The Hall–Kier alpha value is -3.21. The number of thiophene rings is 1. The summed E-state index contributed by atoms with van der Waals surface area (Å²) < 4.78 is 41.1. The van der Waals surface area contributed by atoms with Crippen molar-refractivity contribution in [3.63, 3.8) is 0 Å². The summed E-state index contributed by atoms with van der Waals surface area (Å²) in [5.41, 5.74) is 1.37. The fourth-order valence-corrected chi connectivity index (χ4v) is 4.10. The lowest BCUT2D eigenvalue weighted by Gasteiger charge is -2.15. The first-order valence-electron chi connectivity index (χ1n) is 9.43. The van der Waals surface area contributed by atoms with Crippen molar-refractivity contribution < 1.29 is 18.0 Å². The van der Waals surface area contributed by atoms with E-state index in [9.17, 15) is 18.0 Å². The molecule has 0 fully saturated rings. The monoisotopic (exact) mass is 448 g/mol. The molecule has 7 nitrogen and oxygen atoms in total. The van der Waals surface area contributed by atoms with Crippen LogP contribution in [0.15, 0.2) is 35.8 Å². The molecule has 4 aromatic heterocycles. The molecule has 0 aromatic carbocycles. The number of nitrogens with one attached hydrogen (secondary N) is 1. The predicted molar refractivity (Wildman–Crippen MR) is 111 cm³/mol. The molecule has 0 saturated heterocycles. The van der Waals surface area contributed by atoms with Gasteiger partial charge in [0.2, 0.25) is 0 Å². The van der Waals surface area contributed by atoms with E-state index in [1.165, 1.54) is 22.2 Å². The van der Waals surface area contributed by atoms with Gasteiger partial charge in [-0.3, -0.25) is 14.2 Å². The van der Waals surface area contributed by atoms with Gasteiger partial charge in [0.25, 0.3) is 5.91 Å². The molecule has 1 atom stereocenters. The van der Waals surface area contributed by atoms with Gasteiger partial charge in [-0.2, -0.15) is 23.4 Å². The zero-order valence-corrected chi connectivity index (χ0v) is 17.8. The molecule has 162 valence electrons. The summed E-state index contributed by atoms with van der Waals surface area (Å²) in [5.74, 6) is -0.350. The van der Waals surface area contributed by atoms with Crippen molar-refractivity contribution in [2.45, 2.75) is 32.6 Å². The van der Waals surface area contributed by atoms with E-state index < -0.39 is 17.9 Å². The van der Waals surface area contributed by atoms with Gasteiger partial charge in [-0.15, -0.1) is 11.3 Å². The van der Waals surface area contributed by atoms with E-state index in [4.69, 9.17) is 0 Å². The van der Waals surface area contributed by atoms with Crippen LogP contribution in [0.3, 0.4) is 0 Å².